The topological polar surface area (TPSA) is 48.9 Å². The van der Waals surface area contributed by atoms with E-state index in [4.69, 9.17) is 4.74 Å². The van der Waals surface area contributed by atoms with Gasteiger partial charge in [-0.2, -0.15) is 0 Å². The van der Waals surface area contributed by atoms with Crippen molar-refractivity contribution in [1.82, 2.24) is 15.5 Å². The van der Waals surface area contributed by atoms with E-state index in [2.05, 4.69) is 41.3 Å². The van der Waals surface area contributed by atoms with Crippen molar-refractivity contribution in [2.45, 2.75) is 52.9 Å². The Morgan fingerprint density at radius 1 is 1.13 bits per heavy atom. The fraction of sp³-hybridized carbons (Fsp3) is 0.944. The van der Waals surface area contributed by atoms with Crippen LogP contribution in [0, 0.1) is 5.41 Å². The van der Waals surface area contributed by atoms with Crippen LogP contribution >= 0.6 is 0 Å². The Hall–Kier alpha value is -0.810. The largest absolute Gasteiger partial charge is 0.382 e. The molecule has 2 N–H and O–H groups in total. The minimum Gasteiger partial charge on any atom is -0.382 e. The number of nitrogens with one attached hydrogen (secondary N) is 2. The van der Waals surface area contributed by atoms with E-state index in [0.29, 0.717) is 5.41 Å². The molecule has 0 spiro atoms. The van der Waals surface area contributed by atoms with Gasteiger partial charge in [0, 0.05) is 39.9 Å². The van der Waals surface area contributed by atoms with E-state index in [1.165, 1.54) is 25.7 Å². The number of nitrogens with zero attached hydrogens (tertiary/aromatic N) is 2. The maximum absolute atomic E-state index is 5.59. The minimum atomic E-state index is 0.395. The molecule has 0 aromatic heterocycles. The van der Waals surface area contributed by atoms with Gasteiger partial charge in [-0.15, -0.1) is 0 Å². The maximum Gasteiger partial charge on any atom is 0.191 e. The third-order valence-electron chi connectivity index (χ3n) is 5.11. The number of likely N-dealkylation sites (N-methyl/N-ethyl adjacent to an activating group) is 1. The van der Waals surface area contributed by atoms with Gasteiger partial charge >= 0.3 is 0 Å². The predicted octanol–water partition coefficient (Wildman–Crippen LogP) is 2.48. The van der Waals surface area contributed by atoms with Crippen LogP contribution in [0.3, 0.4) is 0 Å². The van der Waals surface area contributed by atoms with Crippen molar-refractivity contribution in [2.24, 2.45) is 10.4 Å². The maximum atomic E-state index is 5.59. The average Bonchev–Trinajstić information content (AvgIpc) is 3.04. The number of hydrogen-bond donors (Lipinski definition) is 2. The second kappa shape index (κ2) is 11.7. The highest BCUT2D eigenvalue weighted by molar-refractivity contribution is 5.79. The van der Waals surface area contributed by atoms with Crippen molar-refractivity contribution in [3.63, 3.8) is 0 Å². The SMILES string of the molecule is CCOCCC1(CNC(=NC)NCCN(CC)CC)CCCC1. The molecule has 136 valence electrons. The number of guanidine groups is 1. The molecule has 0 bridgehead atoms. The first-order chi connectivity index (χ1) is 11.2. The van der Waals surface area contributed by atoms with Crippen LogP contribution in [-0.2, 0) is 4.74 Å². The Balaban J connectivity index is 2.36. The van der Waals surface area contributed by atoms with Crippen LogP contribution in [0.4, 0.5) is 0 Å². The van der Waals surface area contributed by atoms with Crippen molar-refractivity contribution in [3.05, 3.63) is 0 Å². The van der Waals surface area contributed by atoms with Gasteiger partial charge in [-0.05, 0) is 44.7 Å². The van der Waals surface area contributed by atoms with E-state index < -0.39 is 0 Å². The van der Waals surface area contributed by atoms with Gasteiger partial charge in [-0.25, -0.2) is 0 Å². The first-order valence-electron chi connectivity index (χ1n) is 9.44. The zero-order valence-electron chi connectivity index (χ0n) is 15.8. The van der Waals surface area contributed by atoms with E-state index in [-0.39, 0.29) is 0 Å². The summed E-state index contributed by atoms with van der Waals surface area (Å²) < 4.78 is 5.59. The molecule has 0 radical (unpaired) electrons. The molecule has 5 heteroatoms. The fourth-order valence-corrected chi connectivity index (χ4v) is 3.44. The zero-order valence-corrected chi connectivity index (χ0v) is 15.8. The van der Waals surface area contributed by atoms with E-state index in [0.717, 1.165) is 58.3 Å². The Kier molecular flexibility index (Phi) is 10.3. The standard InChI is InChI=1S/C18H38N4O/c1-5-22(6-2)14-13-20-17(19-4)21-16-18(10-8-9-11-18)12-15-23-7-3/h5-16H2,1-4H3,(H2,19,20,21). The summed E-state index contributed by atoms with van der Waals surface area (Å²) in [6.45, 7) is 13.4. The lowest BCUT2D eigenvalue weighted by Crippen LogP contribution is -2.45. The molecule has 0 aromatic rings. The molecule has 1 fully saturated rings. The molecule has 0 aliphatic heterocycles. The Morgan fingerprint density at radius 3 is 2.39 bits per heavy atom. The minimum absolute atomic E-state index is 0.395. The molecule has 0 amide bonds. The van der Waals surface area contributed by atoms with Gasteiger partial charge in [0.05, 0.1) is 0 Å². The van der Waals surface area contributed by atoms with Gasteiger partial charge in [-0.3, -0.25) is 4.99 Å². The van der Waals surface area contributed by atoms with E-state index in [9.17, 15) is 0 Å². The molecule has 1 saturated carbocycles. The van der Waals surface area contributed by atoms with Crippen LogP contribution in [0.1, 0.15) is 52.9 Å². The zero-order chi connectivity index (χ0) is 17.0. The Labute approximate surface area is 143 Å². The van der Waals surface area contributed by atoms with Crippen LogP contribution in [0.25, 0.3) is 0 Å². The molecule has 1 rings (SSSR count). The average molecular weight is 327 g/mol. The summed E-state index contributed by atoms with van der Waals surface area (Å²) in [7, 11) is 1.86. The summed E-state index contributed by atoms with van der Waals surface area (Å²) in [5.41, 5.74) is 0.395. The predicted molar refractivity (Wildman–Crippen MR) is 99.2 cm³/mol. The third-order valence-corrected chi connectivity index (χ3v) is 5.11. The molecule has 0 atom stereocenters. The van der Waals surface area contributed by atoms with E-state index >= 15 is 0 Å². The quantitative estimate of drug-likeness (QED) is 0.348. The van der Waals surface area contributed by atoms with Gasteiger partial charge in [-0.1, -0.05) is 26.7 Å². The smallest absolute Gasteiger partial charge is 0.191 e. The highest BCUT2D eigenvalue weighted by Gasteiger charge is 2.33. The second-order valence-electron chi connectivity index (χ2n) is 6.53. The first-order valence-corrected chi connectivity index (χ1v) is 9.44. The van der Waals surface area contributed by atoms with Gasteiger partial charge in [0.2, 0.25) is 0 Å². The fourth-order valence-electron chi connectivity index (χ4n) is 3.44. The van der Waals surface area contributed by atoms with Gasteiger partial charge in [0.15, 0.2) is 5.96 Å². The molecule has 1 aliphatic rings. The highest BCUT2D eigenvalue weighted by atomic mass is 16.5. The third kappa shape index (κ3) is 7.53. The van der Waals surface area contributed by atoms with Gasteiger partial charge in [0.1, 0.15) is 0 Å². The van der Waals surface area contributed by atoms with Crippen LogP contribution in [0.2, 0.25) is 0 Å². The van der Waals surface area contributed by atoms with Crippen molar-refractivity contribution < 1.29 is 4.74 Å². The van der Waals surface area contributed by atoms with Crippen LogP contribution in [0.15, 0.2) is 4.99 Å². The molecule has 0 heterocycles. The lowest BCUT2D eigenvalue weighted by atomic mass is 9.83. The normalized spacial score (nSPS) is 17.7. The summed E-state index contributed by atoms with van der Waals surface area (Å²) in [5.74, 6) is 0.930. The molecular formula is C18H38N4O. The number of ether oxygens (including phenoxy) is 1. The summed E-state index contributed by atoms with van der Waals surface area (Å²) in [4.78, 5) is 6.79. The lowest BCUT2D eigenvalue weighted by molar-refractivity contribution is 0.105. The van der Waals surface area contributed by atoms with Crippen molar-refractivity contribution in [1.29, 1.82) is 0 Å². The van der Waals surface area contributed by atoms with E-state index in [1.54, 1.807) is 0 Å². The summed E-state index contributed by atoms with van der Waals surface area (Å²) >= 11 is 0. The number of hydrogen-bond acceptors (Lipinski definition) is 3. The van der Waals surface area contributed by atoms with Crippen molar-refractivity contribution >= 4 is 5.96 Å². The first kappa shape index (κ1) is 20.2. The molecule has 23 heavy (non-hydrogen) atoms. The summed E-state index contributed by atoms with van der Waals surface area (Å²) in [5, 5.41) is 7.00. The van der Waals surface area contributed by atoms with Crippen LogP contribution in [-0.4, -0.2) is 63.8 Å². The highest BCUT2D eigenvalue weighted by Crippen LogP contribution is 2.40. The van der Waals surface area contributed by atoms with Crippen molar-refractivity contribution in [2.75, 3.05) is 53.0 Å². The van der Waals surface area contributed by atoms with Crippen molar-refractivity contribution in [3.8, 4) is 0 Å². The monoisotopic (exact) mass is 326 g/mol. The number of rotatable bonds is 11. The number of aliphatic imine (C=N–C) groups is 1. The summed E-state index contributed by atoms with van der Waals surface area (Å²) in [6, 6.07) is 0. The van der Waals surface area contributed by atoms with Gasteiger partial charge < -0.3 is 20.3 Å². The molecule has 0 unspecified atom stereocenters. The summed E-state index contributed by atoms with van der Waals surface area (Å²) in [6.07, 6.45) is 6.47. The second-order valence-corrected chi connectivity index (χ2v) is 6.53. The molecule has 0 saturated heterocycles. The Bertz CT molecular complexity index is 323. The van der Waals surface area contributed by atoms with Crippen LogP contribution in [0.5, 0.6) is 0 Å². The molecule has 0 aromatic carbocycles. The van der Waals surface area contributed by atoms with Gasteiger partial charge in [0.25, 0.3) is 0 Å². The van der Waals surface area contributed by atoms with Crippen LogP contribution < -0.4 is 10.6 Å². The lowest BCUT2D eigenvalue weighted by Gasteiger charge is -2.30. The molecular weight excluding hydrogens is 288 g/mol. The Morgan fingerprint density at radius 2 is 1.83 bits per heavy atom. The molecule has 5 nitrogen and oxygen atoms in total. The molecule has 1 aliphatic carbocycles. The van der Waals surface area contributed by atoms with E-state index in [1.807, 2.05) is 7.05 Å².